The first-order chi connectivity index (χ1) is 14.1. The first-order valence-corrected chi connectivity index (χ1v) is 10.8. The minimum Gasteiger partial charge on any atom is -0.481 e. The van der Waals surface area contributed by atoms with Gasteiger partial charge in [-0.2, -0.15) is 0 Å². The number of carboxylic acids is 1. The molecule has 0 saturated heterocycles. The number of hydrogen-bond acceptors (Lipinski definition) is 4. The normalized spacial score (nSPS) is 15.1. The van der Waals surface area contributed by atoms with Crippen LogP contribution in [0.1, 0.15) is 40.9 Å². The Balaban J connectivity index is 1.93. The molecule has 160 valence electrons. The summed E-state index contributed by atoms with van der Waals surface area (Å²) in [5.74, 6) is -1.27. The molecule has 10 heteroatoms. The predicted octanol–water partition coefficient (Wildman–Crippen LogP) is 2.99. The average Bonchev–Trinajstić information content (AvgIpc) is 3.07. The molecule has 3 rings (SSSR count). The second-order valence-electron chi connectivity index (χ2n) is 7.07. The Morgan fingerprint density at radius 1 is 1.27 bits per heavy atom. The van der Waals surface area contributed by atoms with E-state index in [-0.39, 0.29) is 6.42 Å². The van der Waals surface area contributed by atoms with Crippen molar-refractivity contribution >= 4 is 37.0 Å². The third kappa shape index (κ3) is 4.71. The molecule has 4 N–H and O–H groups in total. The van der Waals surface area contributed by atoms with Crippen LogP contribution in [0.25, 0.3) is 11.6 Å². The van der Waals surface area contributed by atoms with Gasteiger partial charge in [0.2, 0.25) is 0 Å². The maximum Gasteiger partial charge on any atom is 0.471 e. The number of nitrogens with one attached hydrogen (secondary N) is 1. The van der Waals surface area contributed by atoms with Crippen LogP contribution in [0.5, 0.6) is 0 Å². The van der Waals surface area contributed by atoms with Crippen molar-refractivity contribution in [3.05, 3.63) is 52.3 Å². The molecule has 0 saturated carbocycles. The number of benzene rings is 1. The summed E-state index contributed by atoms with van der Waals surface area (Å²) in [4.78, 5) is 46.1. The fourth-order valence-electron chi connectivity index (χ4n) is 3.60. The largest absolute Gasteiger partial charge is 0.481 e. The number of rotatable bonds is 8. The highest BCUT2D eigenvalue weighted by Crippen LogP contribution is 2.41. The highest BCUT2D eigenvalue weighted by atomic mass is 31.2. The second kappa shape index (κ2) is 8.57. The van der Waals surface area contributed by atoms with E-state index in [0.717, 1.165) is 22.5 Å². The molecule has 30 heavy (non-hydrogen) atoms. The number of carboxylic acid groups (broad SMARTS) is 1. The number of phosphoric acid groups is 1. The lowest BCUT2D eigenvalue weighted by Gasteiger charge is -2.17. The van der Waals surface area contributed by atoms with Crippen LogP contribution >= 0.6 is 7.82 Å². The topological polar surface area (TPSA) is 140 Å². The van der Waals surface area contributed by atoms with E-state index < -0.39 is 26.4 Å². The van der Waals surface area contributed by atoms with Gasteiger partial charge in [-0.05, 0) is 50.0 Å². The number of nitrogens with zero attached hydrogens (tertiary/aromatic N) is 1. The Morgan fingerprint density at radius 3 is 2.63 bits per heavy atom. The molecule has 1 aromatic heterocycles. The summed E-state index contributed by atoms with van der Waals surface area (Å²) >= 11 is 0. The summed E-state index contributed by atoms with van der Waals surface area (Å²) in [5.41, 5.74) is 5.10. The third-order valence-electron chi connectivity index (χ3n) is 5.05. The maximum atomic E-state index is 13.0. The molecule has 0 unspecified atom stereocenters. The molecule has 0 aliphatic carbocycles. The molecule has 9 nitrogen and oxygen atoms in total. The number of H-pyrrole nitrogens is 1. The summed E-state index contributed by atoms with van der Waals surface area (Å²) in [7, 11) is -4.73. The molecule has 2 aromatic rings. The Morgan fingerprint density at radius 2 is 1.97 bits per heavy atom. The zero-order valence-corrected chi connectivity index (χ0v) is 17.5. The van der Waals surface area contributed by atoms with Gasteiger partial charge in [0.05, 0.1) is 11.3 Å². The number of aromatic amines is 1. The molecule has 1 amide bonds. The van der Waals surface area contributed by atoms with Crippen molar-refractivity contribution in [2.75, 3.05) is 11.6 Å². The van der Waals surface area contributed by atoms with Crippen LogP contribution in [0.15, 0.2) is 24.3 Å². The molecule has 0 spiro atoms. The first-order valence-electron chi connectivity index (χ1n) is 9.31. The molecular formula is C20H23N2O7P. The number of anilines is 1. The zero-order valence-electron chi connectivity index (χ0n) is 16.6. The minimum absolute atomic E-state index is 0.0842. The van der Waals surface area contributed by atoms with E-state index in [2.05, 4.69) is 9.51 Å². The van der Waals surface area contributed by atoms with Crippen LogP contribution in [0.4, 0.5) is 5.69 Å². The van der Waals surface area contributed by atoms with Gasteiger partial charge in [-0.3, -0.25) is 19.0 Å². The number of aryl methyl sites for hydroxylation is 1. The van der Waals surface area contributed by atoms with E-state index in [4.69, 9.17) is 14.9 Å². The Bertz CT molecular complexity index is 1070. The molecule has 1 aliphatic heterocycles. The van der Waals surface area contributed by atoms with Crippen LogP contribution < -0.4 is 4.90 Å². The number of para-hydroxylation sites is 1. The third-order valence-corrected chi connectivity index (χ3v) is 5.51. The quantitative estimate of drug-likeness (QED) is 0.370. The highest BCUT2D eigenvalue weighted by Gasteiger charge is 2.34. The van der Waals surface area contributed by atoms with Crippen molar-refractivity contribution in [3.63, 3.8) is 0 Å². The van der Waals surface area contributed by atoms with Gasteiger partial charge in [-0.25, -0.2) is 4.57 Å². The number of aliphatic carboxylic acids is 1. The molecule has 0 atom stereocenters. The lowest BCUT2D eigenvalue weighted by Crippen LogP contribution is -2.28. The monoisotopic (exact) mass is 434 g/mol. The summed E-state index contributed by atoms with van der Waals surface area (Å²) in [6, 6.07) is 6.94. The Hall–Kier alpha value is -2.71. The Kier molecular flexibility index (Phi) is 6.28. The number of aromatic nitrogens is 1. The molecule has 2 heterocycles. The van der Waals surface area contributed by atoms with E-state index in [1.807, 2.05) is 13.8 Å². The number of carbonyl (C=O) groups excluding carboxylic acids is 1. The first kappa shape index (κ1) is 22.0. The average molecular weight is 434 g/mol. The van der Waals surface area contributed by atoms with E-state index >= 15 is 0 Å². The van der Waals surface area contributed by atoms with Crippen molar-refractivity contribution in [2.45, 2.75) is 33.1 Å². The van der Waals surface area contributed by atoms with Crippen molar-refractivity contribution in [2.24, 2.45) is 0 Å². The highest BCUT2D eigenvalue weighted by molar-refractivity contribution is 7.46. The number of hydrogen-bond donors (Lipinski definition) is 4. The summed E-state index contributed by atoms with van der Waals surface area (Å²) in [6.07, 6.45) is 2.92. The van der Waals surface area contributed by atoms with Crippen LogP contribution in [0, 0.1) is 13.8 Å². The van der Waals surface area contributed by atoms with Gasteiger partial charge in [0.15, 0.2) is 0 Å². The minimum atomic E-state index is -4.73. The fraction of sp³-hybridized carbons (Fsp3) is 0.300. The van der Waals surface area contributed by atoms with Crippen LogP contribution in [0.2, 0.25) is 0 Å². The smallest absolute Gasteiger partial charge is 0.471 e. The standard InChI is InChI=1S/C20H23N2O7P/c1-12-14(7-5-9-19(23)24)13(2)21-17(12)10-16-15-6-3-4-8-18(15)22(20(16)25)11-29-30(26,27)28/h3-4,6,8,10,21H,5,7,9,11H2,1-2H3,(H,23,24)(H2,26,27,28). The number of amides is 1. The van der Waals surface area contributed by atoms with Crippen molar-refractivity contribution in [3.8, 4) is 0 Å². The van der Waals surface area contributed by atoms with E-state index in [0.29, 0.717) is 29.7 Å². The van der Waals surface area contributed by atoms with Gasteiger partial charge in [0.25, 0.3) is 5.91 Å². The van der Waals surface area contributed by atoms with Crippen molar-refractivity contribution in [1.29, 1.82) is 0 Å². The molecule has 0 bridgehead atoms. The summed E-state index contributed by atoms with van der Waals surface area (Å²) in [6.45, 7) is 3.24. The van der Waals surface area contributed by atoms with Crippen LogP contribution in [-0.2, 0) is 25.1 Å². The van der Waals surface area contributed by atoms with E-state index in [1.165, 1.54) is 4.90 Å². The second-order valence-corrected chi connectivity index (χ2v) is 8.31. The SMILES string of the molecule is Cc1[nH]c(C=C2C(=O)N(COP(=O)(O)O)c3ccccc32)c(C)c1CCCC(=O)O. The van der Waals surface area contributed by atoms with Gasteiger partial charge < -0.3 is 19.9 Å². The predicted molar refractivity (Wildman–Crippen MR) is 111 cm³/mol. The molecule has 1 aliphatic rings. The van der Waals surface area contributed by atoms with Crippen LogP contribution in [0.3, 0.4) is 0 Å². The van der Waals surface area contributed by atoms with E-state index in [1.54, 1.807) is 30.3 Å². The van der Waals surface area contributed by atoms with Crippen LogP contribution in [-0.4, -0.2) is 38.5 Å². The van der Waals surface area contributed by atoms with Gasteiger partial charge in [0, 0.05) is 23.4 Å². The lowest BCUT2D eigenvalue weighted by atomic mass is 10.0. The molecule has 1 aromatic carbocycles. The van der Waals surface area contributed by atoms with Gasteiger partial charge in [-0.15, -0.1) is 0 Å². The summed E-state index contributed by atoms with van der Waals surface area (Å²) < 4.78 is 15.6. The molecule has 0 fully saturated rings. The van der Waals surface area contributed by atoms with Gasteiger partial charge in [-0.1, -0.05) is 18.2 Å². The Labute approximate surface area is 173 Å². The maximum absolute atomic E-state index is 13.0. The van der Waals surface area contributed by atoms with Gasteiger partial charge in [0.1, 0.15) is 6.73 Å². The summed E-state index contributed by atoms with van der Waals surface area (Å²) in [5, 5.41) is 8.85. The fourth-order valence-corrected chi connectivity index (χ4v) is 3.87. The lowest BCUT2D eigenvalue weighted by molar-refractivity contribution is -0.137. The molecule has 0 radical (unpaired) electrons. The number of fused-ring (bicyclic) bond motifs is 1. The van der Waals surface area contributed by atoms with Gasteiger partial charge >= 0.3 is 13.8 Å². The molecular weight excluding hydrogens is 411 g/mol. The van der Waals surface area contributed by atoms with Crippen molar-refractivity contribution < 1.29 is 33.6 Å². The number of phosphoric ester groups is 1. The number of carbonyl (C=O) groups is 2. The van der Waals surface area contributed by atoms with Crippen molar-refractivity contribution in [1.82, 2.24) is 4.98 Å². The zero-order chi connectivity index (χ0) is 22.1. The van der Waals surface area contributed by atoms with E-state index in [9.17, 15) is 14.2 Å².